The molecule has 6 heteroatoms. The lowest BCUT2D eigenvalue weighted by Gasteiger charge is -2.06. The van der Waals surface area contributed by atoms with Crippen LogP contribution in [0, 0.1) is 6.92 Å². The van der Waals surface area contributed by atoms with Gasteiger partial charge in [0, 0.05) is 30.3 Å². The van der Waals surface area contributed by atoms with E-state index in [1.165, 1.54) is 17.4 Å². The van der Waals surface area contributed by atoms with Crippen LogP contribution in [0.3, 0.4) is 0 Å². The Morgan fingerprint density at radius 3 is 2.73 bits per heavy atom. The fourth-order valence-electron chi connectivity index (χ4n) is 2.13. The zero-order valence-electron chi connectivity index (χ0n) is 12.2. The van der Waals surface area contributed by atoms with E-state index in [9.17, 15) is 10.2 Å². The summed E-state index contributed by atoms with van der Waals surface area (Å²) in [6, 6.07) is 8.39. The third kappa shape index (κ3) is 2.73. The second-order valence-electron chi connectivity index (χ2n) is 4.97. The second-order valence-corrected chi connectivity index (χ2v) is 5.80. The van der Waals surface area contributed by atoms with E-state index >= 15 is 0 Å². The van der Waals surface area contributed by atoms with Gasteiger partial charge in [-0.05, 0) is 36.8 Å². The number of hydrogen-bond donors (Lipinski definition) is 2. The molecule has 2 aromatic heterocycles. The predicted octanol–water partition coefficient (Wildman–Crippen LogP) is 3.10. The molecule has 0 saturated carbocycles. The topological polar surface area (TPSA) is 70.6 Å². The van der Waals surface area contributed by atoms with E-state index in [-0.39, 0.29) is 11.5 Å². The number of phenols is 2. The van der Waals surface area contributed by atoms with Gasteiger partial charge in [0.05, 0.1) is 5.69 Å². The number of rotatable bonds is 2. The minimum Gasteiger partial charge on any atom is -0.508 e. The number of benzene rings is 1. The maximum Gasteiger partial charge on any atom is 0.191 e. The minimum atomic E-state index is 0.0352. The highest BCUT2D eigenvalue weighted by atomic mass is 32.1. The molecule has 0 aliphatic heterocycles. The molecular formula is C16H15N3O2S. The Balaban J connectivity index is 2.09. The molecule has 1 aromatic carbocycles. The molecule has 0 fully saturated rings. The molecule has 0 bridgehead atoms. The highest BCUT2D eigenvalue weighted by molar-refractivity contribution is 7.07. The van der Waals surface area contributed by atoms with Crippen molar-refractivity contribution in [1.82, 2.24) is 9.55 Å². The third-order valence-electron chi connectivity index (χ3n) is 3.29. The zero-order valence-corrected chi connectivity index (χ0v) is 13.0. The summed E-state index contributed by atoms with van der Waals surface area (Å²) in [5, 5.41) is 21.3. The van der Waals surface area contributed by atoms with Crippen LogP contribution in [0.25, 0.3) is 11.3 Å². The Morgan fingerprint density at radius 1 is 1.18 bits per heavy atom. The van der Waals surface area contributed by atoms with Crippen LogP contribution < -0.4 is 4.80 Å². The molecule has 0 spiro atoms. The monoisotopic (exact) mass is 313 g/mol. The maximum atomic E-state index is 9.99. The summed E-state index contributed by atoms with van der Waals surface area (Å²) >= 11 is 1.47. The fraction of sp³-hybridized carbons (Fsp3) is 0.125. The minimum absolute atomic E-state index is 0.0352. The fourth-order valence-corrected chi connectivity index (χ4v) is 3.04. The van der Waals surface area contributed by atoms with E-state index in [4.69, 9.17) is 0 Å². The Hall–Kier alpha value is -2.60. The molecular weight excluding hydrogens is 298 g/mol. The number of hydrogen-bond acceptors (Lipinski definition) is 5. The van der Waals surface area contributed by atoms with Gasteiger partial charge in [-0.2, -0.15) is 0 Å². The normalized spacial score (nSPS) is 11.8. The van der Waals surface area contributed by atoms with Gasteiger partial charge in [-0.1, -0.05) is 0 Å². The summed E-state index contributed by atoms with van der Waals surface area (Å²) in [7, 11) is 1.88. The van der Waals surface area contributed by atoms with Crippen molar-refractivity contribution in [1.29, 1.82) is 0 Å². The first kappa shape index (κ1) is 14.3. The number of aromatic nitrogens is 2. The van der Waals surface area contributed by atoms with E-state index in [1.54, 1.807) is 18.3 Å². The van der Waals surface area contributed by atoms with Crippen LogP contribution in [0.5, 0.6) is 11.5 Å². The average molecular weight is 313 g/mol. The van der Waals surface area contributed by atoms with Crippen LogP contribution in [-0.4, -0.2) is 19.8 Å². The average Bonchev–Trinajstić information content (AvgIpc) is 2.81. The van der Waals surface area contributed by atoms with Crippen molar-refractivity contribution in [2.45, 2.75) is 6.92 Å². The first-order valence-electron chi connectivity index (χ1n) is 6.69. The van der Waals surface area contributed by atoms with E-state index in [0.29, 0.717) is 11.4 Å². The number of aromatic hydroxyl groups is 2. The number of phenolic OH excluding ortho intramolecular Hbond substituents is 2. The number of nitrogens with zero attached hydrogens (tertiary/aromatic N) is 3. The summed E-state index contributed by atoms with van der Waals surface area (Å²) < 4.78 is 1.89. The standard InChI is InChI=1S/C16H15N3O2S/c1-10-5-6-17-15(7-10)18-16-19(2)13(9-22-16)12-4-3-11(20)8-14(12)21/h3-9,20-21H,1-2H3. The van der Waals surface area contributed by atoms with Crippen LogP contribution in [0.15, 0.2) is 46.9 Å². The van der Waals surface area contributed by atoms with Crippen molar-refractivity contribution in [3.05, 3.63) is 52.3 Å². The van der Waals surface area contributed by atoms with E-state index in [1.807, 2.05) is 36.1 Å². The van der Waals surface area contributed by atoms with E-state index < -0.39 is 0 Å². The molecule has 0 aliphatic rings. The molecule has 0 atom stereocenters. The summed E-state index contributed by atoms with van der Waals surface area (Å²) in [5.74, 6) is 0.723. The Kier molecular flexibility index (Phi) is 3.68. The van der Waals surface area contributed by atoms with Crippen LogP contribution in [0.2, 0.25) is 0 Å². The van der Waals surface area contributed by atoms with Crippen LogP contribution >= 0.6 is 11.3 Å². The number of thiazole rings is 1. The molecule has 3 rings (SSSR count). The largest absolute Gasteiger partial charge is 0.508 e. The Labute approximate surface area is 131 Å². The summed E-state index contributed by atoms with van der Waals surface area (Å²) in [6.45, 7) is 2.00. The SMILES string of the molecule is Cc1ccnc(N=c2scc(-c3ccc(O)cc3O)n2C)c1. The molecule has 3 aromatic rings. The lowest BCUT2D eigenvalue weighted by atomic mass is 10.1. The van der Waals surface area contributed by atoms with Gasteiger partial charge in [0.1, 0.15) is 11.5 Å². The Morgan fingerprint density at radius 2 is 2.00 bits per heavy atom. The van der Waals surface area contributed by atoms with Crippen molar-refractivity contribution in [2.24, 2.45) is 12.0 Å². The molecule has 112 valence electrons. The zero-order chi connectivity index (χ0) is 15.7. The summed E-state index contributed by atoms with van der Waals surface area (Å²) in [4.78, 5) is 9.54. The molecule has 2 N–H and O–H groups in total. The molecule has 0 amide bonds. The first-order valence-corrected chi connectivity index (χ1v) is 7.57. The van der Waals surface area contributed by atoms with Gasteiger partial charge in [-0.25, -0.2) is 9.98 Å². The molecule has 0 aliphatic carbocycles. The highest BCUT2D eigenvalue weighted by Crippen LogP contribution is 2.31. The van der Waals surface area contributed by atoms with Crippen molar-refractivity contribution < 1.29 is 10.2 Å². The first-order chi connectivity index (χ1) is 10.5. The Bertz CT molecular complexity index is 896. The number of aryl methyl sites for hydroxylation is 1. The predicted molar refractivity (Wildman–Crippen MR) is 86.3 cm³/mol. The maximum absolute atomic E-state index is 9.99. The molecule has 2 heterocycles. The lowest BCUT2D eigenvalue weighted by Crippen LogP contribution is -2.11. The lowest BCUT2D eigenvalue weighted by molar-refractivity contribution is 0.451. The van der Waals surface area contributed by atoms with Gasteiger partial charge in [0.25, 0.3) is 0 Å². The smallest absolute Gasteiger partial charge is 0.191 e. The van der Waals surface area contributed by atoms with Gasteiger partial charge in [-0.15, -0.1) is 11.3 Å². The van der Waals surface area contributed by atoms with Gasteiger partial charge < -0.3 is 14.8 Å². The second kappa shape index (κ2) is 5.65. The number of pyridine rings is 1. The van der Waals surface area contributed by atoms with Crippen molar-refractivity contribution in [3.63, 3.8) is 0 Å². The van der Waals surface area contributed by atoms with Crippen molar-refractivity contribution in [3.8, 4) is 22.8 Å². The van der Waals surface area contributed by atoms with Gasteiger partial charge in [-0.3, -0.25) is 0 Å². The third-order valence-corrected chi connectivity index (χ3v) is 4.21. The van der Waals surface area contributed by atoms with Crippen molar-refractivity contribution in [2.75, 3.05) is 0 Å². The molecule has 0 saturated heterocycles. The highest BCUT2D eigenvalue weighted by Gasteiger charge is 2.10. The van der Waals surface area contributed by atoms with Crippen LogP contribution in [0.1, 0.15) is 5.56 Å². The summed E-state index contributed by atoms with van der Waals surface area (Å²) in [5.41, 5.74) is 2.58. The molecule has 0 radical (unpaired) electrons. The van der Waals surface area contributed by atoms with Crippen molar-refractivity contribution >= 4 is 17.2 Å². The molecule has 0 unspecified atom stereocenters. The van der Waals surface area contributed by atoms with E-state index in [2.05, 4.69) is 9.98 Å². The van der Waals surface area contributed by atoms with Crippen LogP contribution in [-0.2, 0) is 7.05 Å². The van der Waals surface area contributed by atoms with Gasteiger partial charge in [0.15, 0.2) is 10.6 Å². The molecule has 5 nitrogen and oxygen atoms in total. The summed E-state index contributed by atoms with van der Waals surface area (Å²) in [6.07, 6.45) is 1.73. The molecule has 22 heavy (non-hydrogen) atoms. The van der Waals surface area contributed by atoms with Crippen LogP contribution in [0.4, 0.5) is 5.82 Å². The quantitative estimate of drug-likeness (QED) is 0.763. The van der Waals surface area contributed by atoms with E-state index in [0.717, 1.165) is 16.1 Å². The van der Waals surface area contributed by atoms with Gasteiger partial charge in [0.2, 0.25) is 0 Å². The van der Waals surface area contributed by atoms with Gasteiger partial charge >= 0.3 is 0 Å².